The van der Waals surface area contributed by atoms with Crippen molar-refractivity contribution < 1.29 is 24.2 Å². The second-order valence-corrected chi connectivity index (χ2v) is 8.05. The lowest BCUT2D eigenvalue weighted by Crippen LogP contribution is -2.30. The molecule has 0 radical (unpaired) electrons. The Labute approximate surface area is 198 Å². The number of hydrogen-bond acceptors (Lipinski definition) is 6. The molecule has 4 rings (SSSR count). The molecule has 0 spiro atoms. The Morgan fingerprint density at radius 3 is 2.26 bits per heavy atom. The molecular weight excluding hydrogens is 432 g/mol. The van der Waals surface area contributed by atoms with Crippen molar-refractivity contribution in [1.82, 2.24) is 4.98 Å². The van der Waals surface area contributed by atoms with Crippen LogP contribution in [0.3, 0.4) is 0 Å². The Morgan fingerprint density at radius 1 is 1.00 bits per heavy atom. The van der Waals surface area contributed by atoms with Gasteiger partial charge in [-0.3, -0.25) is 14.5 Å². The first-order valence-corrected chi connectivity index (χ1v) is 11.1. The van der Waals surface area contributed by atoms with Gasteiger partial charge in [-0.1, -0.05) is 18.2 Å². The van der Waals surface area contributed by atoms with Crippen molar-refractivity contribution in [1.29, 1.82) is 0 Å². The number of anilines is 1. The van der Waals surface area contributed by atoms with Gasteiger partial charge in [-0.05, 0) is 74.9 Å². The van der Waals surface area contributed by atoms with Gasteiger partial charge in [-0.2, -0.15) is 0 Å². The molecule has 1 fully saturated rings. The van der Waals surface area contributed by atoms with Crippen LogP contribution in [0.1, 0.15) is 37.9 Å². The van der Waals surface area contributed by atoms with Crippen LogP contribution in [0.5, 0.6) is 11.5 Å². The van der Waals surface area contributed by atoms with E-state index in [4.69, 9.17) is 9.47 Å². The topological polar surface area (TPSA) is 89.0 Å². The third-order valence-electron chi connectivity index (χ3n) is 5.35. The molecule has 2 aromatic carbocycles. The third-order valence-corrected chi connectivity index (χ3v) is 5.35. The minimum Gasteiger partial charge on any atom is -0.507 e. The van der Waals surface area contributed by atoms with E-state index in [1.54, 1.807) is 72.9 Å². The molecule has 3 aromatic rings. The van der Waals surface area contributed by atoms with Gasteiger partial charge >= 0.3 is 5.91 Å². The summed E-state index contributed by atoms with van der Waals surface area (Å²) in [7, 11) is 0. The molecule has 7 nitrogen and oxygen atoms in total. The normalized spacial score (nSPS) is 17.3. The monoisotopic (exact) mass is 458 g/mol. The Hall–Kier alpha value is -4.13. The summed E-state index contributed by atoms with van der Waals surface area (Å²) in [6, 6.07) is 18.2. The van der Waals surface area contributed by atoms with Crippen LogP contribution in [0, 0.1) is 0 Å². The third kappa shape index (κ3) is 4.50. The summed E-state index contributed by atoms with van der Waals surface area (Å²) in [4.78, 5) is 31.9. The smallest absolute Gasteiger partial charge is 0.301 e. The lowest BCUT2D eigenvalue weighted by Gasteiger charge is -2.24. The van der Waals surface area contributed by atoms with Crippen molar-refractivity contribution in [2.24, 2.45) is 0 Å². The van der Waals surface area contributed by atoms with E-state index in [0.717, 1.165) is 0 Å². The number of aliphatic hydroxyl groups excluding tert-OH is 1. The first kappa shape index (κ1) is 23.0. The van der Waals surface area contributed by atoms with E-state index in [2.05, 4.69) is 4.98 Å². The van der Waals surface area contributed by atoms with E-state index in [1.807, 2.05) is 20.8 Å². The maximum Gasteiger partial charge on any atom is 0.301 e. The average Bonchev–Trinajstić information content (AvgIpc) is 3.10. The number of pyridine rings is 1. The number of benzene rings is 2. The zero-order chi connectivity index (χ0) is 24.2. The number of ketones is 1. The first-order chi connectivity index (χ1) is 16.4. The summed E-state index contributed by atoms with van der Waals surface area (Å²) < 4.78 is 11.2. The van der Waals surface area contributed by atoms with Gasteiger partial charge in [-0.15, -0.1) is 0 Å². The number of hydrogen-bond donors (Lipinski definition) is 1. The molecule has 1 atom stereocenters. The van der Waals surface area contributed by atoms with E-state index in [0.29, 0.717) is 35.1 Å². The SMILES string of the molecule is CCOc1ccc([C@@H]2/C(=C(\O)c3ccc(OC(C)C)cc3)C(=O)C(=O)N2c2ccccn2)cc1. The van der Waals surface area contributed by atoms with Crippen LogP contribution in [0.4, 0.5) is 5.82 Å². The fourth-order valence-electron chi connectivity index (χ4n) is 3.91. The van der Waals surface area contributed by atoms with E-state index in [-0.39, 0.29) is 17.4 Å². The molecule has 0 bridgehead atoms. The highest BCUT2D eigenvalue weighted by Gasteiger charge is 2.47. The summed E-state index contributed by atoms with van der Waals surface area (Å²) in [6.07, 6.45) is 1.56. The number of aromatic nitrogens is 1. The fraction of sp³-hybridized carbons (Fsp3) is 0.222. The molecule has 1 aliphatic heterocycles. The molecule has 34 heavy (non-hydrogen) atoms. The molecule has 0 saturated carbocycles. The molecule has 174 valence electrons. The number of carbonyl (C=O) groups is 2. The van der Waals surface area contributed by atoms with Crippen molar-refractivity contribution in [3.05, 3.63) is 89.6 Å². The Balaban J connectivity index is 1.83. The van der Waals surface area contributed by atoms with Crippen molar-refractivity contribution in [2.75, 3.05) is 11.5 Å². The van der Waals surface area contributed by atoms with Gasteiger partial charge in [0.1, 0.15) is 23.1 Å². The molecule has 0 aliphatic carbocycles. The zero-order valence-corrected chi connectivity index (χ0v) is 19.3. The predicted octanol–water partition coefficient (Wildman–Crippen LogP) is 4.89. The second-order valence-electron chi connectivity index (χ2n) is 8.05. The van der Waals surface area contributed by atoms with Crippen molar-refractivity contribution in [3.63, 3.8) is 0 Å². The maximum absolute atomic E-state index is 13.2. The van der Waals surface area contributed by atoms with E-state index in [1.165, 1.54) is 4.90 Å². The van der Waals surface area contributed by atoms with Gasteiger partial charge in [0.05, 0.1) is 24.3 Å². The standard InChI is InChI=1S/C27H26N2O5/c1-4-33-20-12-8-18(9-13-20)24-23(25(30)19-10-14-21(15-11-19)34-17(2)3)26(31)27(32)29(24)22-7-5-6-16-28-22/h5-17,24,30H,4H2,1-3H3/b25-23+/t24-/m1/s1. The van der Waals surface area contributed by atoms with Gasteiger partial charge in [-0.25, -0.2) is 4.98 Å². The number of ether oxygens (including phenoxy) is 2. The fourth-order valence-corrected chi connectivity index (χ4v) is 3.91. The molecule has 1 amide bonds. The van der Waals surface area contributed by atoms with Crippen LogP contribution in [0.25, 0.3) is 5.76 Å². The highest BCUT2D eigenvalue weighted by molar-refractivity contribution is 6.51. The minimum absolute atomic E-state index is 0.00246. The Bertz CT molecular complexity index is 1200. The van der Waals surface area contributed by atoms with Crippen LogP contribution < -0.4 is 14.4 Å². The molecular formula is C27H26N2O5. The van der Waals surface area contributed by atoms with Gasteiger partial charge < -0.3 is 14.6 Å². The molecule has 1 aliphatic rings. The van der Waals surface area contributed by atoms with Crippen molar-refractivity contribution >= 4 is 23.3 Å². The summed E-state index contributed by atoms with van der Waals surface area (Å²) in [5.74, 6) is -0.149. The molecule has 1 N–H and O–H groups in total. The number of amides is 1. The predicted molar refractivity (Wildman–Crippen MR) is 129 cm³/mol. The number of nitrogens with zero attached hydrogens (tertiary/aromatic N) is 2. The van der Waals surface area contributed by atoms with Crippen LogP contribution in [-0.4, -0.2) is 34.5 Å². The average molecular weight is 459 g/mol. The number of rotatable bonds is 7. The highest BCUT2D eigenvalue weighted by Crippen LogP contribution is 2.42. The summed E-state index contributed by atoms with van der Waals surface area (Å²) >= 11 is 0. The summed E-state index contributed by atoms with van der Waals surface area (Å²) in [5.41, 5.74) is 1.05. The van der Waals surface area contributed by atoms with Crippen LogP contribution in [0.15, 0.2) is 78.5 Å². The first-order valence-electron chi connectivity index (χ1n) is 11.1. The number of aliphatic hydroxyl groups is 1. The van der Waals surface area contributed by atoms with Gasteiger partial charge in [0.2, 0.25) is 0 Å². The van der Waals surface area contributed by atoms with E-state index < -0.39 is 17.7 Å². The number of carbonyl (C=O) groups excluding carboxylic acids is 2. The maximum atomic E-state index is 13.2. The van der Waals surface area contributed by atoms with E-state index in [9.17, 15) is 14.7 Å². The Kier molecular flexibility index (Phi) is 6.63. The summed E-state index contributed by atoms with van der Waals surface area (Å²) in [5, 5.41) is 11.2. The lowest BCUT2D eigenvalue weighted by atomic mass is 9.95. The van der Waals surface area contributed by atoms with Gasteiger partial charge in [0.25, 0.3) is 5.78 Å². The van der Waals surface area contributed by atoms with Crippen LogP contribution >= 0.6 is 0 Å². The van der Waals surface area contributed by atoms with E-state index >= 15 is 0 Å². The molecule has 1 aromatic heterocycles. The Morgan fingerprint density at radius 2 is 1.68 bits per heavy atom. The van der Waals surface area contributed by atoms with Crippen LogP contribution in [-0.2, 0) is 9.59 Å². The molecule has 1 saturated heterocycles. The molecule has 7 heteroatoms. The largest absolute Gasteiger partial charge is 0.507 e. The van der Waals surface area contributed by atoms with Crippen molar-refractivity contribution in [2.45, 2.75) is 32.9 Å². The quantitative estimate of drug-likeness (QED) is 0.308. The van der Waals surface area contributed by atoms with Gasteiger partial charge in [0, 0.05) is 11.8 Å². The molecule has 2 heterocycles. The number of Topliss-reactive ketones (excluding diaryl/α,β-unsaturated/α-hetero) is 1. The van der Waals surface area contributed by atoms with Gasteiger partial charge in [0.15, 0.2) is 0 Å². The zero-order valence-electron chi connectivity index (χ0n) is 19.3. The second kappa shape index (κ2) is 9.79. The van der Waals surface area contributed by atoms with Crippen molar-refractivity contribution in [3.8, 4) is 11.5 Å². The minimum atomic E-state index is -0.850. The summed E-state index contributed by atoms with van der Waals surface area (Å²) in [6.45, 7) is 6.25. The lowest BCUT2D eigenvalue weighted by molar-refractivity contribution is -0.132. The highest BCUT2D eigenvalue weighted by atomic mass is 16.5. The van der Waals surface area contributed by atoms with Crippen LogP contribution in [0.2, 0.25) is 0 Å². The molecule has 0 unspecified atom stereocenters.